The van der Waals surface area contributed by atoms with E-state index in [1.807, 2.05) is 13.2 Å². The van der Waals surface area contributed by atoms with E-state index in [9.17, 15) is 0 Å². The Hall–Kier alpha value is -0.940. The van der Waals surface area contributed by atoms with Gasteiger partial charge in [0.2, 0.25) is 0 Å². The zero-order valence-corrected chi connectivity index (χ0v) is 12.7. The maximum atomic E-state index is 4.25. The fourth-order valence-electron chi connectivity index (χ4n) is 3.49. The highest BCUT2D eigenvalue weighted by molar-refractivity contribution is 5.07. The number of hydrogen-bond acceptors (Lipinski definition) is 4. The van der Waals surface area contributed by atoms with Crippen LogP contribution in [0.3, 0.4) is 0 Å². The van der Waals surface area contributed by atoms with Gasteiger partial charge < -0.3 is 10.2 Å². The second-order valence-corrected chi connectivity index (χ2v) is 5.90. The maximum absolute atomic E-state index is 4.25. The lowest BCUT2D eigenvalue weighted by Gasteiger charge is -2.43. The van der Waals surface area contributed by atoms with Crippen LogP contribution in [0.1, 0.15) is 38.3 Å². The quantitative estimate of drug-likeness (QED) is 0.840. The molecule has 0 amide bonds. The summed E-state index contributed by atoms with van der Waals surface area (Å²) in [6, 6.07) is 0.451. The molecule has 2 rings (SSSR count). The Bertz CT molecular complexity index is 392. The molecule has 0 aliphatic heterocycles. The topological polar surface area (TPSA) is 46.0 Å². The van der Waals surface area contributed by atoms with E-state index in [1.165, 1.54) is 25.7 Å². The molecular formula is C14H27N5. The first-order valence-electron chi connectivity index (χ1n) is 7.34. The molecule has 1 aromatic heterocycles. The van der Waals surface area contributed by atoms with E-state index in [0.29, 0.717) is 6.04 Å². The molecule has 0 saturated heterocycles. The lowest BCUT2D eigenvalue weighted by Crippen LogP contribution is -2.58. The number of nitrogens with zero attached hydrogens (tertiary/aromatic N) is 4. The smallest absolute Gasteiger partial charge is 0.0843 e. The molecule has 5 heteroatoms. The van der Waals surface area contributed by atoms with E-state index >= 15 is 0 Å². The predicted octanol–water partition coefficient (Wildman–Crippen LogP) is 1.21. The first-order chi connectivity index (χ1) is 9.08. The number of aromatic nitrogens is 3. The minimum Gasteiger partial charge on any atom is -0.312 e. The van der Waals surface area contributed by atoms with Gasteiger partial charge in [-0.2, -0.15) is 0 Å². The molecule has 1 heterocycles. The summed E-state index contributed by atoms with van der Waals surface area (Å²) in [6.07, 6.45) is 8.21. The van der Waals surface area contributed by atoms with Crippen molar-refractivity contribution in [2.45, 2.75) is 50.6 Å². The molecule has 1 atom stereocenters. The Morgan fingerprint density at radius 3 is 2.58 bits per heavy atom. The Morgan fingerprint density at radius 2 is 2.11 bits per heavy atom. The molecule has 1 saturated carbocycles. The van der Waals surface area contributed by atoms with E-state index in [4.69, 9.17) is 0 Å². The molecule has 108 valence electrons. The lowest BCUT2D eigenvalue weighted by molar-refractivity contribution is 0.105. The SMILES string of the molecule is CCNC(Cc1cn(C)nn1)C1(N(C)C)CCCC1. The predicted molar refractivity (Wildman–Crippen MR) is 77.1 cm³/mol. The van der Waals surface area contributed by atoms with Crippen molar-refractivity contribution in [2.75, 3.05) is 20.6 Å². The molecule has 1 aliphatic rings. The zero-order valence-electron chi connectivity index (χ0n) is 12.7. The van der Waals surface area contributed by atoms with Crippen LogP contribution in [-0.4, -0.2) is 52.1 Å². The highest BCUT2D eigenvalue weighted by atomic mass is 15.4. The summed E-state index contributed by atoms with van der Waals surface area (Å²) in [4.78, 5) is 2.42. The molecule has 1 N–H and O–H groups in total. The zero-order chi connectivity index (χ0) is 13.9. The standard InChI is InChI=1S/C14H27N5/c1-5-15-13(10-12-11-19(4)17-16-12)14(18(2)3)8-6-7-9-14/h11,13,15H,5-10H2,1-4H3. The molecule has 5 nitrogen and oxygen atoms in total. The minimum atomic E-state index is 0.271. The number of likely N-dealkylation sites (N-methyl/N-ethyl adjacent to an activating group) is 2. The molecule has 1 aromatic rings. The monoisotopic (exact) mass is 265 g/mol. The van der Waals surface area contributed by atoms with E-state index in [1.54, 1.807) is 4.68 Å². The van der Waals surface area contributed by atoms with Gasteiger partial charge >= 0.3 is 0 Å². The van der Waals surface area contributed by atoms with Crippen molar-refractivity contribution in [3.63, 3.8) is 0 Å². The fraction of sp³-hybridized carbons (Fsp3) is 0.857. The van der Waals surface area contributed by atoms with Crippen LogP contribution in [0.5, 0.6) is 0 Å². The van der Waals surface area contributed by atoms with E-state index < -0.39 is 0 Å². The molecule has 1 aliphatic carbocycles. The van der Waals surface area contributed by atoms with E-state index in [0.717, 1.165) is 18.7 Å². The largest absolute Gasteiger partial charge is 0.312 e. The third-order valence-electron chi connectivity index (χ3n) is 4.52. The van der Waals surface area contributed by atoms with Crippen molar-refractivity contribution in [3.8, 4) is 0 Å². The summed E-state index contributed by atoms with van der Waals surface area (Å²) in [6.45, 7) is 3.18. The van der Waals surface area contributed by atoms with Crippen LogP contribution >= 0.6 is 0 Å². The normalized spacial score (nSPS) is 20.1. The number of aryl methyl sites for hydroxylation is 1. The summed E-state index contributed by atoms with van der Waals surface area (Å²) in [5.74, 6) is 0. The summed E-state index contributed by atoms with van der Waals surface area (Å²) >= 11 is 0. The Morgan fingerprint density at radius 1 is 1.42 bits per heavy atom. The average molecular weight is 265 g/mol. The summed E-state index contributed by atoms with van der Waals surface area (Å²) in [5.41, 5.74) is 1.36. The van der Waals surface area contributed by atoms with Crippen LogP contribution in [0.25, 0.3) is 0 Å². The van der Waals surface area contributed by atoms with Crippen molar-refractivity contribution in [3.05, 3.63) is 11.9 Å². The van der Waals surface area contributed by atoms with Crippen LogP contribution in [0, 0.1) is 0 Å². The van der Waals surface area contributed by atoms with Gasteiger partial charge in [0.15, 0.2) is 0 Å². The van der Waals surface area contributed by atoms with E-state index in [2.05, 4.69) is 41.5 Å². The van der Waals surface area contributed by atoms with Crippen LogP contribution in [0.4, 0.5) is 0 Å². The van der Waals surface area contributed by atoms with Crippen molar-refractivity contribution >= 4 is 0 Å². The van der Waals surface area contributed by atoms with Crippen molar-refractivity contribution in [1.29, 1.82) is 0 Å². The second kappa shape index (κ2) is 6.01. The number of hydrogen-bond donors (Lipinski definition) is 1. The molecular weight excluding hydrogens is 238 g/mol. The summed E-state index contributed by atoms with van der Waals surface area (Å²) < 4.78 is 1.79. The molecule has 19 heavy (non-hydrogen) atoms. The van der Waals surface area contributed by atoms with Gasteiger partial charge in [0.1, 0.15) is 0 Å². The van der Waals surface area contributed by atoms with E-state index in [-0.39, 0.29) is 5.54 Å². The molecule has 0 spiro atoms. The van der Waals surface area contributed by atoms with Crippen molar-refractivity contribution in [2.24, 2.45) is 7.05 Å². The molecule has 0 radical (unpaired) electrons. The highest BCUT2D eigenvalue weighted by Gasteiger charge is 2.42. The lowest BCUT2D eigenvalue weighted by atomic mass is 9.84. The first kappa shape index (κ1) is 14.5. The molecule has 1 fully saturated rings. The first-order valence-corrected chi connectivity index (χ1v) is 7.34. The summed E-state index contributed by atoms with van der Waals surface area (Å²) in [7, 11) is 6.36. The van der Waals surface area contributed by atoms with Gasteiger partial charge in [-0.1, -0.05) is 25.0 Å². The van der Waals surface area contributed by atoms with Crippen LogP contribution in [0.2, 0.25) is 0 Å². The Balaban J connectivity index is 2.18. The van der Waals surface area contributed by atoms with Gasteiger partial charge in [0.05, 0.1) is 5.69 Å². The minimum absolute atomic E-state index is 0.271. The fourth-order valence-corrected chi connectivity index (χ4v) is 3.49. The van der Waals surface area contributed by atoms with Gasteiger partial charge in [-0.25, -0.2) is 0 Å². The Kier molecular flexibility index (Phi) is 4.58. The van der Waals surface area contributed by atoms with Crippen LogP contribution < -0.4 is 5.32 Å². The van der Waals surface area contributed by atoms with Gasteiger partial charge in [0, 0.05) is 31.2 Å². The maximum Gasteiger partial charge on any atom is 0.0843 e. The highest BCUT2D eigenvalue weighted by Crippen LogP contribution is 2.37. The number of rotatable bonds is 6. The molecule has 1 unspecified atom stereocenters. The van der Waals surface area contributed by atoms with Gasteiger partial charge in [-0.05, 0) is 33.5 Å². The Labute approximate surface area is 116 Å². The third-order valence-corrected chi connectivity index (χ3v) is 4.52. The average Bonchev–Trinajstić information content (AvgIpc) is 2.98. The van der Waals surface area contributed by atoms with Crippen molar-refractivity contribution < 1.29 is 0 Å². The van der Waals surface area contributed by atoms with Gasteiger partial charge in [-0.15, -0.1) is 5.10 Å². The number of nitrogens with one attached hydrogen (secondary N) is 1. The molecule has 0 aromatic carbocycles. The third kappa shape index (κ3) is 2.98. The summed E-state index contributed by atoms with van der Waals surface area (Å²) in [5, 5.41) is 12.0. The van der Waals surface area contributed by atoms with Crippen LogP contribution in [-0.2, 0) is 13.5 Å². The van der Waals surface area contributed by atoms with Gasteiger partial charge in [0.25, 0.3) is 0 Å². The van der Waals surface area contributed by atoms with Gasteiger partial charge in [-0.3, -0.25) is 4.68 Å². The second-order valence-electron chi connectivity index (χ2n) is 5.90. The van der Waals surface area contributed by atoms with Crippen LogP contribution in [0.15, 0.2) is 6.20 Å². The van der Waals surface area contributed by atoms with Crippen molar-refractivity contribution in [1.82, 2.24) is 25.2 Å². The molecule has 0 bridgehead atoms.